The van der Waals surface area contributed by atoms with E-state index in [-0.39, 0.29) is 18.3 Å². The Balaban J connectivity index is 1.55. The largest absolute Gasteiger partial charge is 0.573 e. The molecule has 0 saturated carbocycles. The number of carbonyl (C=O) groups excluding carboxylic acids is 1. The summed E-state index contributed by atoms with van der Waals surface area (Å²) < 4.78 is 47.9. The molecule has 0 radical (unpaired) electrons. The van der Waals surface area contributed by atoms with Crippen molar-refractivity contribution in [1.82, 2.24) is 14.8 Å². The number of ether oxygens (including phenoxy) is 2. The highest BCUT2D eigenvalue weighted by Gasteiger charge is 2.31. The molecule has 0 bridgehead atoms. The number of para-hydroxylation sites is 1. The molecule has 0 unspecified atom stereocenters. The monoisotopic (exact) mass is 486 g/mol. The fraction of sp³-hybridized carbons (Fsp3) is 0.250. The van der Waals surface area contributed by atoms with Gasteiger partial charge in [0.2, 0.25) is 5.91 Å². The first-order valence-electron chi connectivity index (χ1n) is 9.21. The summed E-state index contributed by atoms with van der Waals surface area (Å²) in [4.78, 5) is 12.5. The van der Waals surface area contributed by atoms with Crippen molar-refractivity contribution in [3.05, 3.63) is 59.4 Å². The Morgan fingerprint density at radius 2 is 1.88 bits per heavy atom. The number of amides is 1. The number of anilines is 1. The molecular formula is C20H18ClF3N4O3S. The SMILES string of the molecule is C[C@@H](Sc1nnc(COc2ccccc2Cl)n1C)C(=O)Nc1ccc(OC(F)(F)F)cc1. The maximum absolute atomic E-state index is 12.5. The summed E-state index contributed by atoms with van der Waals surface area (Å²) >= 11 is 7.25. The van der Waals surface area contributed by atoms with Gasteiger partial charge >= 0.3 is 6.36 Å². The first-order chi connectivity index (χ1) is 15.1. The molecule has 2 aromatic carbocycles. The molecule has 12 heteroatoms. The lowest BCUT2D eigenvalue weighted by atomic mass is 10.3. The van der Waals surface area contributed by atoms with Gasteiger partial charge < -0.3 is 19.4 Å². The average Bonchev–Trinajstić information content (AvgIpc) is 3.07. The van der Waals surface area contributed by atoms with E-state index in [9.17, 15) is 18.0 Å². The summed E-state index contributed by atoms with van der Waals surface area (Å²) in [6, 6.07) is 11.9. The minimum absolute atomic E-state index is 0.140. The van der Waals surface area contributed by atoms with Gasteiger partial charge in [-0.15, -0.1) is 23.4 Å². The minimum Gasteiger partial charge on any atom is -0.484 e. The molecule has 0 saturated heterocycles. The molecular weight excluding hydrogens is 469 g/mol. The zero-order valence-electron chi connectivity index (χ0n) is 16.9. The Labute approximate surface area is 190 Å². The van der Waals surface area contributed by atoms with E-state index >= 15 is 0 Å². The third kappa shape index (κ3) is 6.54. The first kappa shape index (κ1) is 23.7. The van der Waals surface area contributed by atoms with Crippen molar-refractivity contribution in [2.45, 2.75) is 30.3 Å². The number of hydrogen-bond donors (Lipinski definition) is 1. The van der Waals surface area contributed by atoms with Crippen molar-refractivity contribution in [2.75, 3.05) is 5.32 Å². The molecule has 3 aromatic rings. The maximum Gasteiger partial charge on any atom is 0.573 e. The number of benzene rings is 2. The smallest absolute Gasteiger partial charge is 0.484 e. The number of hydrogen-bond acceptors (Lipinski definition) is 6. The lowest BCUT2D eigenvalue weighted by Crippen LogP contribution is -2.23. The van der Waals surface area contributed by atoms with Gasteiger partial charge in [-0.25, -0.2) is 0 Å². The van der Waals surface area contributed by atoms with Crippen LogP contribution < -0.4 is 14.8 Å². The zero-order valence-corrected chi connectivity index (χ0v) is 18.5. The second kappa shape index (κ2) is 10.1. The normalized spacial score (nSPS) is 12.3. The predicted molar refractivity (Wildman–Crippen MR) is 114 cm³/mol. The number of nitrogens with zero attached hydrogens (tertiary/aromatic N) is 3. The number of halogens is 4. The highest BCUT2D eigenvalue weighted by molar-refractivity contribution is 8.00. The van der Waals surface area contributed by atoms with Gasteiger partial charge in [-0.3, -0.25) is 4.79 Å². The summed E-state index contributed by atoms with van der Waals surface area (Å²) in [5.74, 6) is 0.339. The van der Waals surface area contributed by atoms with Gasteiger partial charge in [0.25, 0.3) is 0 Å². The van der Waals surface area contributed by atoms with E-state index in [0.717, 1.165) is 12.1 Å². The number of thioether (sulfide) groups is 1. The Morgan fingerprint density at radius 3 is 2.53 bits per heavy atom. The quantitative estimate of drug-likeness (QED) is 0.448. The standard InChI is InChI=1S/C20H18ClF3N4O3S/c1-12(18(29)25-13-7-9-14(10-8-13)31-20(22,23)24)32-19-27-26-17(28(19)2)11-30-16-6-4-3-5-15(16)21/h3-10,12H,11H2,1-2H3,(H,25,29)/t12-/m1/s1. The molecule has 1 amide bonds. The Hall–Kier alpha value is -2.92. The van der Waals surface area contributed by atoms with Crippen LogP contribution in [0.25, 0.3) is 0 Å². The van der Waals surface area contributed by atoms with E-state index in [1.807, 2.05) is 0 Å². The molecule has 32 heavy (non-hydrogen) atoms. The van der Waals surface area contributed by atoms with Crippen LogP contribution in [0.15, 0.2) is 53.7 Å². The number of rotatable bonds is 8. The Kier molecular flexibility index (Phi) is 7.52. The van der Waals surface area contributed by atoms with Crippen LogP contribution >= 0.6 is 23.4 Å². The summed E-state index contributed by atoms with van der Waals surface area (Å²) in [5.41, 5.74) is 0.337. The van der Waals surface area contributed by atoms with Gasteiger partial charge in [-0.05, 0) is 43.3 Å². The average molecular weight is 487 g/mol. The van der Waals surface area contributed by atoms with Gasteiger partial charge in [-0.1, -0.05) is 35.5 Å². The predicted octanol–water partition coefficient (Wildman–Crippen LogP) is 5.07. The van der Waals surface area contributed by atoms with Crippen LogP contribution in [0, 0.1) is 0 Å². The molecule has 0 aliphatic heterocycles. The molecule has 3 rings (SSSR count). The molecule has 0 spiro atoms. The zero-order chi connectivity index (χ0) is 23.3. The van der Waals surface area contributed by atoms with Crippen molar-refractivity contribution in [1.29, 1.82) is 0 Å². The summed E-state index contributed by atoms with van der Waals surface area (Å²) in [6.07, 6.45) is -4.77. The fourth-order valence-corrected chi connectivity index (χ4v) is 3.50. The second-order valence-corrected chi connectivity index (χ2v) is 8.21. The summed E-state index contributed by atoms with van der Waals surface area (Å²) in [5, 5.41) is 11.2. The Bertz CT molecular complexity index is 1080. The molecule has 1 heterocycles. The van der Waals surface area contributed by atoms with Crippen molar-refractivity contribution < 1.29 is 27.4 Å². The van der Waals surface area contributed by atoms with E-state index in [0.29, 0.717) is 27.4 Å². The molecule has 0 aliphatic rings. The van der Waals surface area contributed by atoms with Gasteiger partial charge in [0.1, 0.15) is 18.1 Å². The van der Waals surface area contributed by atoms with Gasteiger partial charge in [0.05, 0.1) is 10.3 Å². The molecule has 1 N–H and O–H groups in total. The van der Waals surface area contributed by atoms with Crippen molar-refractivity contribution in [2.24, 2.45) is 7.05 Å². The maximum atomic E-state index is 12.5. The van der Waals surface area contributed by atoms with E-state index in [1.165, 1.54) is 23.9 Å². The van der Waals surface area contributed by atoms with Crippen molar-refractivity contribution in [3.63, 3.8) is 0 Å². The van der Waals surface area contributed by atoms with Crippen LogP contribution in [0.2, 0.25) is 5.02 Å². The summed E-state index contributed by atoms with van der Waals surface area (Å²) in [6.45, 7) is 1.82. The van der Waals surface area contributed by atoms with Crippen LogP contribution in [-0.4, -0.2) is 32.3 Å². The Morgan fingerprint density at radius 1 is 1.19 bits per heavy atom. The molecule has 0 aliphatic carbocycles. The van der Waals surface area contributed by atoms with Gasteiger partial charge in [0.15, 0.2) is 11.0 Å². The third-order valence-corrected chi connectivity index (χ3v) is 5.57. The summed E-state index contributed by atoms with van der Waals surface area (Å²) in [7, 11) is 1.75. The minimum atomic E-state index is -4.77. The molecule has 1 aromatic heterocycles. The lowest BCUT2D eigenvalue weighted by molar-refractivity contribution is -0.274. The van der Waals surface area contributed by atoms with Crippen LogP contribution in [0.5, 0.6) is 11.5 Å². The highest BCUT2D eigenvalue weighted by Crippen LogP contribution is 2.27. The van der Waals surface area contributed by atoms with E-state index in [1.54, 1.807) is 42.8 Å². The van der Waals surface area contributed by atoms with E-state index in [4.69, 9.17) is 16.3 Å². The molecule has 7 nitrogen and oxygen atoms in total. The van der Waals surface area contributed by atoms with E-state index < -0.39 is 11.6 Å². The number of alkyl halides is 3. The van der Waals surface area contributed by atoms with Gasteiger partial charge in [-0.2, -0.15) is 0 Å². The molecule has 170 valence electrons. The van der Waals surface area contributed by atoms with Crippen LogP contribution in [0.1, 0.15) is 12.7 Å². The molecule has 1 atom stereocenters. The van der Waals surface area contributed by atoms with E-state index in [2.05, 4.69) is 20.3 Å². The third-order valence-electron chi connectivity index (χ3n) is 4.13. The second-order valence-electron chi connectivity index (χ2n) is 6.50. The fourth-order valence-electron chi connectivity index (χ4n) is 2.47. The van der Waals surface area contributed by atoms with Crippen LogP contribution in [0.4, 0.5) is 18.9 Å². The van der Waals surface area contributed by atoms with Crippen molar-refractivity contribution >= 4 is 35.0 Å². The number of aromatic nitrogens is 3. The first-order valence-corrected chi connectivity index (χ1v) is 10.5. The van der Waals surface area contributed by atoms with Crippen molar-refractivity contribution in [3.8, 4) is 11.5 Å². The topological polar surface area (TPSA) is 78.3 Å². The van der Waals surface area contributed by atoms with Gasteiger partial charge in [0, 0.05) is 12.7 Å². The highest BCUT2D eigenvalue weighted by atomic mass is 35.5. The van der Waals surface area contributed by atoms with Crippen LogP contribution in [-0.2, 0) is 18.4 Å². The number of carbonyl (C=O) groups is 1. The molecule has 0 fully saturated rings. The lowest BCUT2D eigenvalue weighted by Gasteiger charge is -2.13. The van der Waals surface area contributed by atoms with Crippen LogP contribution in [0.3, 0.4) is 0 Å². The number of nitrogens with one attached hydrogen (secondary N) is 1.